The number of methoxy groups -OCH3 is 1. The molecule has 0 unspecified atom stereocenters. The van der Waals surface area contributed by atoms with E-state index in [0.717, 1.165) is 11.3 Å². The van der Waals surface area contributed by atoms with Crippen molar-refractivity contribution in [2.24, 2.45) is 0 Å². The fraction of sp³-hybridized carbons (Fsp3) is 0.0588. The van der Waals surface area contributed by atoms with Gasteiger partial charge in [-0.3, -0.25) is 20.2 Å². The van der Waals surface area contributed by atoms with Crippen LogP contribution in [0.4, 0.5) is 15.2 Å². The number of nitrogens with zero attached hydrogens (tertiary/aromatic N) is 2. The van der Waals surface area contributed by atoms with Crippen molar-refractivity contribution in [1.29, 1.82) is 0 Å². The third-order valence-electron chi connectivity index (χ3n) is 3.57. The largest absolute Gasteiger partial charge is 0.496 e. The van der Waals surface area contributed by atoms with Crippen molar-refractivity contribution < 1.29 is 18.8 Å². The number of benzene rings is 2. The summed E-state index contributed by atoms with van der Waals surface area (Å²) in [6.45, 7) is 0. The molecule has 3 rings (SSSR count). The molecule has 7 nitrogen and oxygen atoms in total. The fourth-order valence-electron chi connectivity index (χ4n) is 2.30. The van der Waals surface area contributed by atoms with Crippen molar-refractivity contribution in [2.75, 3.05) is 12.4 Å². The first-order valence-electron chi connectivity index (χ1n) is 7.43. The van der Waals surface area contributed by atoms with Gasteiger partial charge in [0.05, 0.1) is 23.3 Å². The van der Waals surface area contributed by atoms with Crippen molar-refractivity contribution >= 4 is 50.7 Å². The van der Waals surface area contributed by atoms with Crippen molar-refractivity contribution in [3.05, 3.63) is 66.8 Å². The molecule has 0 radical (unpaired) electrons. The molecule has 2 aromatic carbocycles. The fourth-order valence-corrected chi connectivity index (χ4v) is 3.59. The Morgan fingerprint density at radius 2 is 2.11 bits per heavy atom. The number of nitro groups is 1. The highest BCUT2D eigenvalue weighted by Crippen LogP contribution is 2.33. The van der Waals surface area contributed by atoms with Gasteiger partial charge in [0.25, 0.3) is 11.6 Å². The highest BCUT2D eigenvalue weighted by atomic mass is 127. The second-order valence-corrected chi connectivity index (χ2v) is 7.28. The van der Waals surface area contributed by atoms with Gasteiger partial charge in [0.15, 0.2) is 5.13 Å². The average Bonchev–Trinajstić information content (AvgIpc) is 3.10. The molecular weight excluding hydrogens is 488 g/mol. The van der Waals surface area contributed by atoms with E-state index in [1.165, 1.54) is 43.5 Å². The third kappa shape index (κ3) is 4.22. The van der Waals surface area contributed by atoms with E-state index < -0.39 is 16.6 Å². The Kier molecular flexibility index (Phi) is 5.65. The van der Waals surface area contributed by atoms with E-state index in [1.807, 2.05) is 22.6 Å². The smallest absolute Gasteiger partial charge is 0.270 e. The molecule has 10 heteroatoms. The number of nitrogens with one attached hydrogen (secondary N) is 1. The lowest BCUT2D eigenvalue weighted by molar-refractivity contribution is -0.384. The first-order valence-corrected chi connectivity index (χ1v) is 9.39. The van der Waals surface area contributed by atoms with Gasteiger partial charge in [-0.2, -0.15) is 0 Å². The summed E-state index contributed by atoms with van der Waals surface area (Å²) in [7, 11) is 1.47. The van der Waals surface area contributed by atoms with E-state index in [9.17, 15) is 19.3 Å². The summed E-state index contributed by atoms with van der Waals surface area (Å²) in [5, 5.41) is 15.5. The Labute approximate surface area is 170 Å². The molecule has 0 aliphatic rings. The maximum absolute atomic E-state index is 13.5. The molecule has 0 saturated carbocycles. The predicted molar refractivity (Wildman–Crippen MR) is 108 cm³/mol. The molecule has 0 aliphatic carbocycles. The maximum Gasteiger partial charge on any atom is 0.270 e. The molecule has 27 heavy (non-hydrogen) atoms. The quantitative estimate of drug-likeness (QED) is 0.312. The number of nitro benzene ring substituents is 1. The van der Waals surface area contributed by atoms with Crippen molar-refractivity contribution in [3.8, 4) is 17.0 Å². The first kappa shape index (κ1) is 19.2. The van der Waals surface area contributed by atoms with Gasteiger partial charge in [-0.05, 0) is 46.9 Å². The number of rotatable bonds is 5. The number of ether oxygens (including phenoxy) is 1. The summed E-state index contributed by atoms with van der Waals surface area (Å²) in [5.41, 5.74) is 0.898. The van der Waals surface area contributed by atoms with Gasteiger partial charge in [-0.1, -0.05) is 0 Å². The zero-order valence-corrected chi connectivity index (χ0v) is 16.7. The van der Waals surface area contributed by atoms with Crippen LogP contribution in [0.5, 0.6) is 5.75 Å². The summed E-state index contributed by atoms with van der Waals surface area (Å²) in [5.74, 6) is -0.501. The monoisotopic (exact) mass is 499 g/mol. The number of carbonyl (C=O) groups excluding carboxylic acids is 1. The molecule has 1 N–H and O–H groups in total. The molecule has 138 valence electrons. The van der Waals surface area contributed by atoms with Gasteiger partial charge in [0.1, 0.15) is 11.6 Å². The van der Waals surface area contributed by atoms with Gasteiger partial charge >= 0.3 is 0 Å². The summed E-state index contributed by atoms with van der Waals surface area (Å²) in [6, 6.07) is 8.11. The number of non-ortho nitro benzene ring substituents is 1. The topological polar surface area (TPSA) is 94.4 Å². The predicted octanol–water partition coefficient (Wildman–Crippen LogP) is 4.72. The highest BCUT2D eigenvalue weighted by molar-refractivity contribution is 14.1. The van der Waals surface area contributed by atoms with Crippen LogP contribution in [0.15, 0.2) is 41.8 Å². The number of hydrogen-bond donors (Lipinski definition) is 1. The van der Waals surface area contributed by atoms with Gasteiger partial charge in [-0.15, -0.1) is 11.3 Å². The minimum absolute atomic E-state index is 0.171. The van der Waals surface area contributed by atoms with E-state index in [1.54, 1.807) is 5.38 Å². The SMILES string of the molecule is COc1ccc(F)cc1-c1csc(NC(=O)c2cc([N+](=O)[O-])ccc2I)n1. The lowest BCUT2D eigenvalue weighted by Crippen LogP contribution is -2.13. The number of amides is 1. The van der Waals surface area contributed by atoms with Crippen LogP contribution in [0.1, 0.15) is 10.4 Å². The Bertz CT molecular complexity index is 1040. The summed E-state index contributed by atoms with van der Waals surface area (Å²) >= 11 is 3.08. The first-order chi connectivity index (χ1) is 12.9. The van der Waals surface area contributed by atoms with Crippen LogP contribution in [-0.2, 0) is 0 Å². The second-order valence-electron chi connectivity index (χ2n) is 5.26. The van der Waals surface area contributed by atoms with Crippen LogP contribution in [0.2, 0.25) is 0 Å². The van der Waals surface area contributed by atoms with E-state index >= 15 is 0 Å². The van der Waals surface area contributed by atoms with E-state index in [-0.39, 0.29) is 16.4 Å². The van der Waals surface area contributed by atoms with Crippen LogP contribution in [0.3, 0.4) is 0 Å². The molecule has 3 aromatic rings. The number of aromatic nitrogens is 1. The van der Waals surface area contributed by atoms with Crippen LogP contribution < -0.4 is 10.1 Å². The Morgan fingerprint density at radius 3 is 2.81 bits per heavy atom. The van der Waals surface area contributed by atoms with E-state index in [4.69, 9.17) is 4.74 Å². The Hall–Kier alpha value is -2.60. The molecule has 1 aromatic heterocycles. The Morgan fingerprint density at radius 1 is 1.33 bits per heavy atom. The molecule has 0 spiro atoms. The van der Waals surface area contributed by atoms with Gasteiger partial charge in [0.2, 0.25) is 0 Å². The van der Waals surface area contributed by atoms with Gasteiger partial charge in [0, 0.05) is 26.6 Å². The summed E-state index contributed by atoms with van der Waals surface area (Å²) in [4.78, 5) is 27.1. The van der Waals surface area contributed by atoms with Crippen LogP contribution in [0.25, 0.3) is 11.3 Å². The van der Waals surface area contributed by atoms with E-state index in [0.29, 0.717) is 20.6 Å². The molecule has 1 amide bonds. The zero-order chi connectivity index (χ0) is 19.6. The number of carbonyl (C=O) groups is 1. The lowest BCUT2D eigenvalue weighted by atomic mass is 10.1. The molecule has 1 heterocycles. The highest BCUT2D eigenvalue weighted by Gasteiger charge is 2.18. The molecule has 0 atom stereocenters. The van der Waals surface area contributed by atoms with Crippen molar-refractivity contribution in [2.45, 2.75) is 0 Å². The van der Waals surface area contributed by atoms with Crippen LogP contribution >= 0.6 is 33.9 Å². The maximum atomic E-state index is 13.5. The zero-order valence-electron chi connectivity index (χ0n) is 13.7. The second kappa shape index (κ2) is 7.96. The molecule has 0 saturated heterocycles. The van der Waals surface area contributed by atoms with Crippen molar-refractivity contribution in [3.63, 3.8) is 0 Å². The van der Waals surface area contributed by atoms with Gasteiger partial charge in [-0.25, -0.2) is 9.37 Å². The minimum atomic E-state index is -0.565. The molecule has 0 bridgehead atoms. The number of anilines is 1. The molecular formula is C17H11FIN3O4S. The third-order valence-corrected chi connectivity index (χ3v) is 5.27. The molecule has 0 aliphatic heterocycles. The Balaban J connectivity index is 1.87. The minimum Gasteiger partial charge on any atom is -0.496 e. The standard InChI is InChI=1S/C17H11FIN3O4S/c1-26-15-5-2-9(18)6-12(15)14-8-27-17(20-14)21-16(23)11-7-10(22(24)25)3-4-13(11)19/h2-8H,1H3,(H,20,21,23). The molecule has 0 fully saturated rings. The summed E-state index contributed by atoms with van der Waals surface area (Å²) in [6.07, 6.45) is 0. The van der Waals surface area contributed by atoms with Crippen LogP contribution in [0, 0.1) is 19.5 Å². The lowest BCUT2D eigenvalue weighted by Gasteiger charge is -2.06. The summed E-state index contributed by atoms with van der Waals surface area (Å²) < 4.78 is 19.3. The van der Waals surface area contributed by atoms with E-state index in [2.05, 4.69) is 10.3 Å². The number of halogens is 2. The van der Waals surface area contributed by atoms with Gasteiger partial charge < -0.3 is 4.74 Å². The number of hydrogen-bond acceptors (Lipinski definition) is 6. The average molecular weight is 499 g/mol. The van der Waals surface area contributed by atoms with Crippen LogP contribution in [-0.4, -0.2) is 22.9 Å². The van der Waals surface area contributed by atoms with Crippen molar-refractivity contribution in [1.82, 2.24) is 4.98 Å². The number of thiazole rings is 1. The normalized spacial score (nSPS) is 10.5.